The normalized spacial score (nSPS) is 11.0. The Balaban J connectivity index is 2.54. The fraction of sp³-hybridized carbons (Fsp3) is 0.500. The molecule has 5 nitrogen and oxygen atoms in total. The molecule has 0 atom stereocenters. The number of nitro groups is 1. The Bertz CT molecular complexity index is 478. The topological polar surface area (TPSA) is 79.0 Å². The fourth-order valence-corrected chi connectivity index (χ4v) is 1.86. The van der Waals surface area contributed by atoms with Gasteiger partial charge in [-0.3, -0.25) is 10.1 Å². The first kappa shape index (κ1) is 15.1. The Morgan fingerprint density at radius 3 is 2.74 bits per heavy atom. The lowest BCUT2D eigenvalue weighted by Gasteiger charge is -2.23. The van der Waals surface area contributed by atoms with E-state index < -0.39 is 0 Å². The van der Waals surface area contributed by atoms with Crippen molar-refractivity contribution in [3.8, 4) is 6.07 Å². The summed E-state index contributed by atoms with van der Waals surface area (Å²) in [4.78, 5) is 10.5. The molecule has 0 heterocycles. The van der Waals surface area contributed by atoms with Gasteiger partial charge in [0.2, 0.25) is 0 Å². The zero-order valence-electron chi connectivity index (χ0n) is 11.3. The van der Waals surface area contributed by atoms with Crippen LogP contribution in [-0.2, 0) is 6.54 Å². The van der Waals surface area contributed by atoms with Crippen LogP contribution in [0.3, 0.4) is 0 Å². The molecular weight excluding hydrogens is 242 g/mol. The summed E-state index contributed by atoms with van der Waals surface area (Å²) < 4.78 is 0. The molecule has 0 aliphatic rings. The number of hydrogen-bond donors (Lipinski definition) is 1. The van der Waals surface area contributed by atoms with Gasteiger partial charge in [0.1, 0.15) is 0 Å². The first-order valence-electron chi connectivity index (χ1n) is 6.26. The lowest BCUT2D eigenvalue weighted by Crippen LogP contribution is -2.29. The smallest absolute Gasteiger partial charge is 0.273 e. The average Bonchev–Trinajstić information content (AvgIpc) is 2.36. The summed E-state index contributed by atoms with van der Waals surface area (Å²) in [6, 6.07) is 8.87. The largest absolute Gasteiger partial charge is 0.312 e. The zero-order valence-corrected chi connectivity index (χ0v) is 11.3. The van der Waals surface area contributed by atoms with Gasteiger partial charge in [0.25, 0.3) is 5.69 Å². The Kier molecular flexibility index (Phi) is 5.46. The van der Waals surface area contributed by atoms with E-state index in [0.29, 0.717) is 18.5 Å². The van der Waals surface area contributed by atoms with Crippen LogP contribution in [0.1, 0.15) is 32.3 Å². The highest BCUT2D eigenvalue weighted by Crippen LogP contribution is 2.22. The third-order valence-corrected chi connectivity index (χ3v) is 3.02. The van der Waals surface area contributed by atoms with Crippen molar-refractivity contribution in [1.29, 1.82) is 5.26 Å². The fourth-order valence-electron chi connectivity index (χ4n) is 1.86. The van der Waals surface area contributed by atoms with Crippen LogP contribution >= 0.6 is 0 Å². The highest BCUT2D eigenvalue weighted by molar-refractivity contribution is 5.39. The van der Waals surface area contributed by atoms with Crippen LogP contribution in [0.2, 0.25) is 0 Å². The van der Waals surface area contributed by atoms with E-state index in [1.54, 1.807) is 18.2 Å². The predicted octanol–water partition coefficient (Wildman–Crippen LogP) is 3.01. The average molecular weight is 261 g/mol. The van der Waals surface area contributed by atoms with Gasteiger partial charge in [-0.25, -0.2) is 0 Å². The molecule has 0 saturated carbocycles. The lowest BCUT2D eigenvalue weighted by atomic mass is 9.88. The summed E-state index contributed by atoms with van der Waals surface area (Å²) in [5.74, 6) is 0. The van der Waals surface area contributed by atoms with Crippen molar-refractivity contribution in [2.24, 2.45) is 5.41 Å². The third-order valence-electron chi connectivity index (χ3n) is 3.02. The highest BCUT2D eigenvalue weighted by atomic mass is 16.6. The van der Waals surface area contributed by atoms with Crippen molar-refractivity contribution >= 4 is 5.69 Å². The molecule has 0 unspecified atom stereocenters. The second kappa shape index (κ2) is 6.86. The molecule has 1 rings (SSSR count). The van der Waals surface area contributed by atoms with Gasteiger partial charge in [-0.05, 0) is 11.8 Å². The van der Waals surface area contributed by atoms with Gasteiger partial charge < -0.3 is 5.32 Å². The van der Waals surface area contributed by atoms with Crippen LogP contribution in [0.4, 0.5) is 5.69 Å². The van der Waals surface area contributed by atoms with Crippen molar-refractivity contribution < 1.29 is 4.92 Å². The molecular formula is C14H19N3O2. The summed E-state index contributed by atoms with van der Waals surface area (Å²) in [6.45, 7) is 5.35. The minimum atomic E-state index is -0.363. The van der Waals surface area contributed by atoms with E-state index in [0.717, 1.165) is 13.0 Å². The van der Waals surface area contributed by atoms with E-state index in [-0.39, 0.29) is 16.0 Å². The SMILES string of the molecule is CC(C)(CCC#N)CNCc1ccccc1[N+](=O)[O-]. The molecule has 0 saturated heterocycles. The Morgan fingerprint density at radius 2 is 2.11 bits per heavy atom. The van der Waals surface area contributed by atoms with E-state index >= 15 is 0 Å². The van der Waals surface area contributed by atoms with Crippen LogP contribution in [0.15, 0.2) is 24.3 Å². The minimum Gasteiger partial charge on any atom is -0.312 e. The van der Waals surface area contributed by atoms with E-state index in [2.05, 4.69) is 25.2 Å². The van der Waals surface area contributed by atoms with Crippen LogP contribution in [-0.4, -0.2) is 11.5 Å². The second-order valence-corrected chi connectivity index (χ2v) is 5.31. The number of rotatable bonds is 7. The summed E-state index contributed by atoms with van der Waals surface area (Å²) in [7, 11) is 0. The number of hydrogen-bond acceptors (Lipinski definition) is 4. The van der Waals surface area contributed by atoms with E-state index in [9.17, 15) is 10.1 Å². The molecule has 0 aliphatic heterocycles. The molecule has 0 amide bonds. The van der Waals surface area contributed by atoms with Gasteiger partial charge in [-0.15, -0.1) is 0 Å². The molecule has 19 heavy (non-hydrogen) atoms. The van der Waals surface area contributed by atoms with Crippen LogP contribution < -0.4 is 5.32 Å². The second-order valence-electron chi connectivity index (χ2n) is 5.31. The Morgan fingerprint density at radius 1 is 1.42 bits per heavy atom. The summed E-state index contributed by atoms with van der Waals surface area (Å²) in [6.07, 6.45) is 1.34. The minimum absolute atomic E-state index is 0.0132. The van der Waals surface area contributed by atoms with Crippen molar-refractivity contribution in [2.45, 2.75) is 33.2 Å². The van der Waals surface area contributed by atoms with E-state index in [1.165, 1.54) is 6.07 Å². The van der Waals surface area contributed by atoms with Crippen molar-refractivity contribution in [2.75, 3.05) is 6.54 Å². The van der Waals surface area contributed by atoms with E-state index in [1.807, 2.05) is 0 Å². The van der Waals surface area contributed by atoms with Gasteiger partial charge >= 0.3 is 0 Å². The van der Waals surface area contributed by atoms with Gasteiger partial charge in [0.05, 0.1) is 11.0 Å². The monoisotopic (exact) mass is 261 g/mol. The molecule has 5 heteroatoms. The third kappa shape index (κ3) is 5.06. The molecule has 0 aromatic heterocycles. The number of nitrogens with one attached hydrogen (secondary N) is 1. The summed E-state index contributed by atoms with van der Waals surface area (Å²) in [5.41, 5.74) is 0.840. The first-order chi connectivity index (χ1) is 8.96. The van der Waals surface area contributed by atoms with Crippen LogP contribution in [0.5, 0.6) is 0 Å². The number of benzene rings is 1. The highest BCUT2D eigenvalue weighted by Gasteiger charge is 2.18. The van der Waals surface area contributed by atoms with Gasteiger partial charge in [0, 0.05) is 31.1 Å². The zero-order chi connectivity index (χ0) is 14.3. The van der Waals surface area contributed by atoms with Gasteiger partial charge in [0.15, 0.2) is 0 Å². The Labute approximate surface area is 113 Å². The lowest BCUT2D eigenvalue weighted by molar-refractivity contribution is -0.385. The maximum atomic E-state index is 10.9. The number of nitro benzene ring substituents is 1. The molecule has 1 aromatic rings. The Hall–Kier alpha value is -1.93. The maximum Gasteiger partial charge on any atom is 0.273 e. The van der Waals surface area contributed by atoms with Crippen LogP contribution in [0.25, 0.3) is 0 Å². The molecule has 1 aromatic carbocycles. The maximum absolute atomic E-state index is 10.9. The number of nitrogens with zero attached hydrogens (tertiary/aromatic N) is 2. The molecule has 0 radical (unpaired) electrons. The van der Waals surface area contributed by atoms with Gasteiger partial charge in [-0.1, -0.05) is 32.0 Å². The molecule has 0 bridgehead atoms. The number of nitriles is 1. The standard InChI is InChI=1S/C14H19N3O2/c1-14(2,8-5-9-15)11-16-10-12-6-3-4-7-13(12)17(18)19/h3-4,6-7,16H,5,8,10-11H2,1-2H3. The summed E-state index contributed by atoms with van der Waals surface area (Å²) >= 11 is 0. The predicted molar refractivity (Wildman–Crippen MR) is 73.4 cm³/mol. The van der Waals surface area contributed by atoms with E-state index in [4.69, 9.17) is 5.26 Å². The van der Waals surface area contributed by atoms with Crippen molar-refractivity contribution in [3.05, 3.63) is 39.9 Å². The molecule has 0 fully saturated rings. The van der Waals surface area contributed by atoms with Crippen molar-refractivity contribution in [1.82, 2.24) is 5.32 Å². The molecule has 0 aliphatic carbocycles. The van der Waals surface area contributed by atoms with Crippen LogP contribution in [0, 0.1) is 26.9 Å². The first-order valence-corrected chi connectivity index (χ1v) is 6.26. The molecule has 102 valence electrons. The summed E-state index contributed by atoms with van der Waals surface area (Å²) in [5, 5.41) is 22.7. The number of para-hydroxylation sites is 1. The molecule has 0 spiro atoms. The van der Waals surface area contributed by atoms with Crippen molar-refractivity contribution in [3.63, 3.8) is 0 Å². The molecule has 1 N–H and O–H groups in total. The van der Waals surface area contributed by atoms with Gasteiger partial charge in [-0.2, -0.15) is 5.26 Å². The quantitative estimate of drug-likeness (QED) is 0.604.